The van der Waals surface area contributed by atoms with E-state index in [1.807, 2.05) is 24.3 Å². The van der Waals surface area contributed by atoms with Crippen LogP contribution in [0.4, 0.5) is 0 Å². The Morgan fingerprint density at radius 2 is 1.88 bits per heavy atom. The first kappa shape index (κ1) is 17.4. The minimum atomic E-state index is -1.90. The molecule has 9 heteroatoms. The number of hydroxylamine groups is 2. The molecule has 2 rings (SSSR count). The molecule has 0 fully saturated rings. The maximum atomic E-state index is 12.1. The number of fused-ring (bicyclic) bond motifs is 1. The Labute approximate surface area is 136 Å². The molecule has 1 heterocycles. The molecule has 0 unspecified atom stereocenters. The summed E-state index contributed by atoms with van der Waals surface area (Å²) in [7, 11) is 0. The molecule has 1 aromatic carbocycles. The van der Waals surface area contributed by atoms with Gasteiger partial charge in [-0.3, -0.25) is 14.8 Å². The van der Waals surface area contributed by atoms with Crippen LogP contribution in [-0.2, 0) is 20.8 Å². The lowest BCUT2D eigenvalue weighted by Gasteiger charge is -2.24. The molecule has 6 N–H and O–H groups in total. The molecule has 0 saturated heterocycles. The zero-order valence-electron chi connectivity index (χ0n) is 12.5. The summed E-state index contributed by atoms with van der Waals surface area (Å²) in [6, 6.07) is 4.22. The Hall–Kier alpha value is -2.91. The summed E-state index contributed by atoms with van der Waals surface area (Å²) < 4.78 is 0. The number of aromatic nitrogens is 1. The number of para-hydroxylation sites is 1. The summed E-state index contributed by atoms with van der Waals surface area (Å²) in [6.45, 7) is 0. The number of H-pyrrole nitrogens is 1. The van der Waals surface area contributed by atoms with Gasteiger partial charge in [0.1, 0.15) is 0 Å². The molecule has 0 saturated carbocycles. The van der Waals surface area contributed by atoms with E-state index in [1.54, 1.807) is 6.20 Å². The monoisotopic (exact) mass is 335 g/mol. The summed E-state index contributed by atoms with van der Waals surface area (Å²) in [4.78, 5) is 36.8. The molecule has 0 aliphatic rings. The summed E-state index contributed by atoms with van der Waals surface area (Å²) in [5.74, 6) is -4.15. The highest BCUT2D eigenvalue weighted by atomic mass is 16.5. The number of carbonyl (C=O) groups is 3. The van der Waals surface area contributed by atoms with Crippen LogP contribution in [0.15, 0.2) is 30.5 Å². The standard InChI is InChI=1S/C15H17N3O6/c16-10(5-8-7-17-11-4-2-1-3-9(8)11)14(21)18(24)12(15(22)23)6-13(19)20/h1-4,7,10,12,17,24H,5-6,16H2,(H,19,20)(H,22,23)/t10-,12-/m0/s1. The fourth-order valence-electron chi connectivity index (χ4n) is 2.39. The molecular weight excluding hydrogens is 318 g/mol. The molecule has 1 amide bonds. The molecule has 1 aromatic heterocycles. The number of hydrogen-bond donors (Lipinski definition) is 5. The Kier molecular flexibility index (Phi) is 5.17. The molecule has 0 radical (unpaired) electrons. The second-order valence-corrected chi connectivity index (χ2v) is 5.30. The number of nitrogens with one attached hydrogen (secondary N) is 1. The Bertz CT molecular complexity index is 771. The van der Waals surface area contributed by atoms with Gasteiger partial charge in [0.25, 0.3) is 5.91 Å². The van der Waals surface area contributed by atoms with Crippen LogP contribution in [0.1, 0.15) is 12.0 Å². The molecule has 24 heavy (non-hydrogen) atoms. The van der Waals surface area contributed by atoms with Crippen LogP contribution >= 0.6 is 0 Å². The van der Waals surface area contributed by atoms with Crippen molar-refractivity contribution in [3.63, 3.8) is 0 Å². The quantitative estimate of drug-likeness (QED) is 0.357. The Morgan fingerprint density at radius 3 is 2.50 bits per heavy atom. The summed E-state index contributed by atoms with van der Waals surface area (Å²) >= 11 is 0. The number of aromatic amines is 1. The van der Waals surface area contributed by atoms with Gasteiger partial charge in [-0.05, 0) is 18.1 Å². The smallest absolute Gasteiger partial charge is 0.329 e. The Balaban J connectivity index is 2.13. The van der Waals surface area contributed by atoms with Crippen LogP contribution in [0.3, 0.4) is 0 Å². The maximum absolute atomic E-state index is 12.1. The lowest BCUT2D eigenvalue weighted by atomic mass is 10.0. The van der Waals surface area contributed by atoms with E-state index >= 15 is 0 Å². The van der Waals surface area contributed by atoms with Crippen molar-refractivity contribution in [1.29, 1.82) is 0 Å². The lowest BCUT2D eigenvalue weighted by molar-refractivity contribution is -0.189. The fraction of sp³-hybridized carbons (Fsp3) is 0.267. The summed E-state index contributed by atoms with van der Waals surface area (Å²) in [6.07, 6.45) is 0.794. The molecule has 0 aliphatic carbocycles. The van der Waals surface area contributed by atoms with Crippen molar-refractivity contribution in [2.45, 2.75) is 24.9 Å². The van der Waals surface area contributed by atoms with Crippen LogP contribution in [0.25, 0.3) is 10.9 Å². The van der Waals surface area contributed by atoms with Crippen molar-refractivity contribution in [2.75, 3.05) is 0 Å². The number of carboxylic acids is 2. The van der Waals surface area contributed by atoms with Gasteiger partial charge in [-0.15, -0.1) is 0 Å². The van der Waals surface area contributed by atoms with Crippen molar-refractivity contribution >= 4 is 28.7 Å². The maximum Gasteiger partial charge on any atom is 0.329 e. The number of nitrogens with zero attached hydrogens (tertiary/aromatic N) is 1. The first-order valence-electron chi connectivity index (χ1n) is 7.08. The second-order valence-electron chi connectivity index (χ2n) is 5.30. The van der Waals surface area contributed by atoms with Crippen molar-refractivity contribution in [1.82, 2.24) is 10.0 Å². The van der Waals surface area contributed by atoms with Gasteiger partial charge in [0.2, 0.25) is 0 Å². The topological polar surface area (TPSA) is 157 Å². The largest absolute Gasteiger partial charge is 0.481 e. The molecule has 0 spiro atoms. The number of hydrogen-bond acceptors (Lipinski definition) is 5. The minimum absolute atomic E-state index is 0.0549. The van der Waals surface area contributed by atoms with Gasteiger partial charge in [-0.1, -0.05) is 18.2 Å². The van der Waals surface area contributed by atoms with Gasteiger partial charge in [-0.2, -0.15) is 0 Å². The van der Waals surface area contributed by atoms with Gasteiger partial charge in [0.15, 0.2) is 6.04 Å². The minimum Gasteiger partial charge on any atom is -0.481 e. The van der Waals surface area contributed by atoms with Gasteiger partial charge >= 0.3 is 11.9 Å². The van der Waals surface area contributed by atoms with E-state index in [2.05, 4.69) is 4.98 Å². The number of amides is 1. The molecule has 0 bridgehead atoms. The predicted octanol–water partition coefficient (Wildman–Crippen LogP) is 0.183. The lowest BCUT2D eigenvalue weighted by Crippen LogP contribution is -2.51. The number of carboxylic acid groups (broad SMARTS) is 2. The van der Waals surface area contributed by atoms with E-state index in [-0.39, 0.29) is 11.5 Å². The van der Waals surface area contributed by atoms with Crippen LogP contribution in [0.2, 0.25) is 0 Å². The van der Waals surface area contributed by atoms with E-state index in [0.717, 1.165) is 16.5 Å². The van der Waals surface area contributed by atoms with Gasteiger partial charge < -0.3 is 20.9 Å². The molecule has 9 nitrogen and oxygen atoms in total. The third-order valence-corrected chi connectivity index (χ3v) is 3.61. The number of carbonyl (C=O) groups excluding carboxylic acids is 1. The molecule has 128 valence electrons. The van der Waals surface area contributed by atoms with Crippen molar-refractivity contribution in [3.8, 4) is 0 Å². The van der Waals surface area contributed by atoms with Gasteiger partial charge in [0, 0.05) is 17.1 Å². The third kappa shape index (κ3) is 3.70. The predicted molar refractivity (Wildman–Crippen MR) is 82.3 cm³/mol. The fourth-order valence-corrected chi connectivity index (χ4v) is 2.39. The number of aliphatic carboxylic acids is 2. The summed E-state index contributed by atoms with van der Waals surface area (Å²) in [5.41, 5.74) is 7.34. The number of nitrogens with two attached hydrogens (primary N) is 1. The van der Waals surface area contributed by atoms with Crippen LogP contribution < -0.4 is 5.73 Å². The highest BCUT2D eigenvalue weighted by molar-refractivity contribution is 5.89. The Morgan fingerprint density at radius 1 is 1.21 bits per heavy atom. The highest BCUT2D eigenvalue weighted by Gasteiger charge is 2.33. The van der Waals surface area contributed by atoms with Crippen LogP contribution in [0.5, 0.6) is 0 Å². The zero-order valence-corrected chi connectivity index (χ0v) is 12.5. The zero-order chi connectivity index (χ0) is 17.9. The van der Waals surface area contributed by atoms with E-state index in [9.17, 15) is 19.6 Å². The van der Waals surface area contributed by atoms with Crippen molar-refractivity contribution in [3.05, 3.63) is 36.0 Å². The highest BCUT2D eigenvalue weighted by Crippen LogP contribution is 2.19. The second kappa shape index (κ2) is 7.11. The molecule has 2 aromatic rings. The third-order valence-electron chi connectivity index (χ3n) is 3.61. The first-order valence-corrected chi connectivity index (χ1v) is 7.08. The molecular formula is C15H17N3O6. The SMILES string of the molecule is N[C@@H](Cc1c[nH]c2ccccc12)C(=O)N(O)[C@@H](CC(=O)O)C(=O)O. The normalized spacial score (nSPS) is 13.4. The van der Waals surface area contributed by atoms with Crippen LogP contribution in [0, 0.1) is 0 Å². The average Bonchev–Trinajstić information content (AvgIpc) is 2.94. The number of benzene rings is 1. The van der Waals surface area contributed by atoms with E-state index in [4.69, 9.17) is 15.9 Å². The summed E-state index contributed by atoms with van der Waals surface area (Å²) in [5, 5.41) is 28.1. The molecule has 2 atom stereocenters. The first-order chi connectivity index (χ1) is 11.3. The van der Waals surface area contributed by atoms with Gasteiger partial charge in [0.05, 0.1) is 12.5 Å². The van der Waals surface area contributed by atoms with Crippen molar-refractivity contribution in [2.24, 2.45) is 5.73 Å². The van der Waals surface area contributed by atoms with E-state index < -0.39 is 36.4 Å². The average molecular weight is 335 g/mol. The van der Waals surface area contributed by atoms with Gasteiger partial charge in [-0.25, -0.2) is 9.86 Å². The van der Waals surface area contributed by atoms with Crippen LogP contribution in [-0.4, -0.2) is 55.4 Å². The number of rotatable bonds is 7. The van der Waals surface area contributed by atoms with E-state index in [1.165, 1.54) is 0 Å². The van der Waals surface area contributed by atoms with E-state index in [0.29, 0.717) is 0 Å². The molecule has 0 aliphatic heterocycles. The van der Waals surface area contributed by atoms with Crippen molar-refractivity contribution < 1.29 is 29.8 Å².